The molecule has 0 amide bonds. The van der Waals surface area contributed by atoms with Crippen molar-refractivity contribution >= 4 is 19.8 Å². The third-order valence-corrected chi connectivity index (χ3v) is 12.7. The molecule has 0 heterocycles. The van der Waals surface area contributed by atoms with Crippen molar-refractivity contribution in [3.8, 4) is 0 Å². The van der Waals surface area contributed by atoms with Gasteiger partial charge < -0.3 is 27.9 Å². The number of unbranched alkanes of at least 4 members (excludes halogenated alkanes) is 33. The van der Waals surface area contributed by atoms with Crippen LogP contribution in [-0.2, 0) is 32.7 Å². The van der Waals surface area contributed by atoms with Crippen molar-refractivity contribution < 1.29 is 42.1 Å². The van der Waals surface area contributed by atoms with E-state index in [1.807, 2.05) is 21.1 Å². The van der Waals surface area contributed by atoms with Gasteiger partial charge in [-0.1, -0.05) is 225 Å². The van der Waals surface area contributed by atoms with E-state index in [2.05, 4.69) is 26.0 Å². The number of phosphoric ester groups is 1. The monoisotopic (exact) mass is 900 g/mol. The number of ether oxygens (including phenoxy) is 2. The van der Waals surface area contributed by atoms with Crippen LogP contribution in [0, 0.1) is 0 Å². The molecule has 368 valence electrons. The predicted molar refractivity (Wildman–Crippen MR) is 259 cm³/mol. The van der Waals surface area contributed by atoms with Crippen molar-refractivity contribution in [3.05, 3.63) is 12.2 Å². The smallest absolute Gasteiger partial charge is 0.306 e. The Kier molecular flexibility index (Phi) is 44.0. The highest BCUT2D eigenvalue weighted by atomic mass is 31.2. The first-order valence-electron chi connectivity index (χ1n) is 26.4. The highest BCUT2D eigenvalue weighted by molar-refractivity contribution is 7.45. The molecular formula is C52H102NO8P. The van der Waals surface area contributed by atoms with Gasteiger partial charge in [0.05, 0.1) is 27.7 Å². The largest absolute Gasteiger partial charge is 0.756 e. The molecule has 0 radical (unpaired) electrons. The first kappa shape index (κ1) is 60.8. The van der Waals surface area contributed by atoms with Gasteiger partial charge in [0.2, 0.25) is 0 Å². The molecule has 0 bridgehead atoms. The van der Waals surface area contributed by atoms with Gasteiger partial charge in [-0.05, 0) is 32.1 Å². The van der Waals surface area contributed by atoms with E-state index in [1.54, 1.807) is 0 Å². The number of phosphoric acid groups is 1. The van der Waals surface area contributed by atoms with Gasteiger partial charge in [0.1, 0.15) is 19.8 Å². The molecule has 0 aromatic carbocycles. The molecule has 0 N–H and O–H groups in total. The minimum Gasteiger partial charge on any atom is -0.756 e. The Balaban J connectivity index is 3.97. The molecule has 0 saturated heterocycles. The lowest BCUT2D eigenvalue weighted by Gasteiger charge is -2.28. The van der Waals surface area contributed by atoms with Crippen molar-refractivity contribution in [2.75, 3.05) is 47.5 Å². The molecule has 2 unspecified atom stereocenters. The molecule has 2 atom stereocenters. The van der Waals surface area contributed by atoms with Gasteiger partial charge in [-0.15, -0.1) is 0 Å². The van der Waals surface area contributed by atoms with Crippen LogP contribution in [0.15, 0.2) is 12.2 Å². The number of nitrogens with zero attached hydrogens (tertiary/aromatic N) is 1. The van der Waals surface area contributed by atoms with E-state index >= 15 is 0 Å². The van der Waals surface area contributed by atoms with E-state index in [4.69, 9.17) is 18.5 Å². The maximum absolute atomic E-state index is 12.6. The van der Waals surface area contributed by atoms with E-state index in [0.29, 0.717) is 17.4 Å². The summed E-state index contributed by atoms with van der Waals surface area (Å²) in [4.78, 5) is 37.6. The molecule has 0 saturated carbocycles. The molecule has 10 heteroatoms. The van der Waals surface area contributed by atoms with Crippen LogP contribution < -0.4 is 4.89 Å². The molecule has 0 rings (SSSR count). The van der Waals surface area contributed by atoms with Crippen LogP contribution in [0.3, 0.4) is 0 Å². The summed E-state index contributed by atoms with van der Waals surface area (Å²) in [5.41, 5.74) is 0. The quantitative estimate of drug-likeness (QED) is 0.0195. The number of esters is 2. The second kappa shape index (κ2) is 44.9. The zero-order valence-electron chi connectivity index (χ0n) is 41.6. The Bertz CT molecular complexity index is 1060. The van der Waals surface area contributed by atoms with E-state index in [-0.39, 0.29) is 32.0 Å². The summed E-state index contributed by atoms with van der Waals surface area (Å²) in [6.45, 7) is 4.19. The highest BCUT2D eigenvalue weighted by Gasteiger charge is 2.21. The first-order valence-corrected chi connectivity index (χ1v) is 27.9. The number of carbonyl (C=O) groups is 2. The molecule has 62 heavy (non-hydrogen) atoms. The van der Waals surface area contributed by atoms with Gasteiger partial charge in [0, 0.05) is 12.8 Å². The van der Waals surface area contributed by atoms with E-state index in [1.165, 1.54) is 167 Å². The average Bonchev–Trinajstić information content (AvgIpc) is 3.23. The van der Waals surface area contributed by atoms with Crippen LogP contribution in [0.2, 0.25) is 0 Å². The van der Waals surface area contributed by atoms with Gasteiger partial charge in [-0.3, -0.25) is 14.2 Å². The SMILES string of the molecule is CCC/C=C\CCCCCCCC(=O)OC(COC(=O)CCCCCCCCCCCCCCCCCCCCCCCCCCCCCC)COP(=O)([O-])OCC[N+](C)(C)C. The fourth-order valence-corrected chi connectivity index (χ4v) is 8.39. The summed E-state index contributed by atoms with van der Waals surface area (Å²) >= 11 is 0. The summed E-state index contributed by atoms with van der Waals surface area (Å²) in [7, 11) is 1.17. The van der Waals surface area contributed by atoms with E-state index in [9.17, 15) is 19.0 Å². The fourth-order valence-electron chi connectivity index (χ4n) is 7.66. The molecule has 0 aliphatic rings. The Labute approximate surface area is 384 Å². The Morgan fingerprint density at radius 3 is 1.26 bits per heavy atom. The van der Waals surface area contributed by atoms with Gasteiger partial charge in [-0.2, -0.15) is 0 Å². The molecule has 0 aromatic heterocycles. The second-order valence-electron chi connectivity index (χ2n) is 19.2. The zero-order valence-corrected chi connectivity index (χ0v) is 42.5. The number of carbonyl (C=O) groups excluding carboxylic acids is 2. The molecule has 0 aliphatic carbocycles. The van der Waals surface area contributed by atoms with Crippen LogP contribution >= 0.6 is 7.82 Å². The third kappa shape index (κ3) is 48.2. The molecule has 0 fully saturated rings. The number of likely N-dealkylation sites (N-methyl/N-ethyl adjacent to an activating group) is 1. The van der Waals surface area contributed by atoms with Crippen LogP contribution in [-0.4, -0.2) is 70.0 Å². The summed E-state index contributed by atoms with van der Waals surface area (Å²) in [5.74, 6) is -0.834. The maximum Gasteiger partial charge on any atom is 0.306 e. The first-order chi connectivity index (χ1) is 30.0. The van der Waals surface area contributed by atoms with Gasteiger partial charge in [-0.25, -0.2) is 0 Å². The van der Waals surface area contributed by atoms with Crippen molar-refractivity contribution in [3.63, 3.8) is 0 Å². The topological polar surface area (TPSA) is 111 Å². The summed E-state index contributed by atoms with van der Waals surface area (Å²) < 4.78 is 33.9. The summed E-state index contributed by atoms with van der Waals surface area (Å²) in [6.07, 6.45) is 49.9. The second-order valence-corrected chi connectivity index (χ2v) is 20.7. The lowest BCUT2D eigenvalue weighted by molar-refractivity contribution is -0.870. The summed E-state index contributed by atoms with van der Waals surface area (Å²) in [6, 6.07) is 0. The fraction of sp³-hybridized carbons (Fsp3) is 0.923. The molecular weight excluding hydrogens is 798 g/mol. The zero-order chi connectivity index (χ0) is 45.7. The molecule has 0 aliphatic heterocycles. The number of rotatable bonds is 49. The highest BCUT2D eigenvalue weighted by Crippen LogP contribution is 2.38. The lowest BCUT2D eigenvalue weighted by Crippen LogP contribution is -2.37. The van der Waals surface area contributed by atoms with Crippen molar-refractivity contribution in [2.45, 2.75) is 264 Å². The average molecular weight is 900 g/mol. The van der Waals surface area contributed by atoms with E-state index < -0.39 is 26.5 Å². The molecule has 0 aromatic rings. The predicted octanol–water partition coefficient (Wildman–Crippen LogP) is 15.1. The van der Waals surface area contributed by atoms with E-state index in [0.717, 1.165) is 57.8 Å². The molecule has 9 nitrogen and oxygen atoms in total. The van der Waals surface area contributed by atoms with Crippen LogP contribution in [0.1, 0.15) is 258 Å². The lowest BCUT2D eigenvalue weighted by atomic mass is 10.0. The van der Waals surface area contributed by atoms with Crippen LogP contribution in [0.25, 0.3) is 0 Å². The number of quaternary nitrogens is 1. The van der Waals surface area contributed by atoms with Crippen molar-refractivity contribution in [1.29, 1.82) is 0 Å². The maximum atomic E-state index is 12.6. The van der Waals surface area contributed by atoms with Gasteiger partial charge in [0.15, 0.2) is 6.10 Å². The van der Waals surface area contributed by atoms with Crippen LogP contribution in [0.5, 0.6) is 0 Å². The minimum absolute atomic E-state index is 0.0294. The summed E-state index contributed by atoms with van der Waals surface area (Å²) in [5, 5.41) is 0. The normalized spacial score (nSPS) is 13.5. The molecule has 0 spiro atoms. The Hall–Kier alpha value is -1.25. The van der Waals surface area contributed by atoms with Gasteiger partial charge >= 0.3 is 11.9 Å². The third-order valence-electron chi connectivity index (χ3n) is 11.8. The van der Waals surface area contributed by atoms with Crippen molar-refractivity contribution in [2.24, 2.45) is 0 Å². The number of hydrogen-bond acceptors (Lipinski definition) is 8. The number of allylic oxidation sites excluding steroid dienone is 2. The van der Waals surface area contributed by atoms with Gasteiger partial charge in [0.25, 0.3) is 7.82 Å². The number of hydrogen-bond donors (Lipinski definition) is 0. The van der Waals surface area contributed by atoms with Crippen LogP contribution in [0.4, 0.5) is 0 Å². The standard InChI is InChI=1S/C52H102NO8P/c1-6-8-10-12-14-16-18-19-20-21-22-23-24-25-26-27-28-29-30-31-32-33-34-35-37-38-40-42-44-51(54)58-48-50(49-60-62(56,57)59-47-46-53(3,4)5)61-52(55)45-43-41-39-36-17-15-13-11-9-7-2/h11,13,50H,6-10,12,14-49H2,1-5H3/b13-11-. The minimum atomic E-state index is -4.62. The van der Waals surface area contributed by atoms with Crippen molar-refractivity contribution in [1.82, 2.24) is 0 Å². The Morgan fingerprint density at radius 2 is 0.855 bits per heavy atom. The Morgan fingerprint density at radius 1 is 0.484 bits per heavy atom.